The van der Waals surface area contributed by atoms with E-state index < -0.39 is 0 Å². The van der Waals surface area contributed by atoms with Crippen molar-refractivity contribution < 1.29 is 4.42 Å². The van der Waals surface area contributed by atoms with E-state index in [-0.39, 0.29) is 0 Å². The molecular formula is C13H11BrN2O. The molecular weight excluding hydrogens is 280 g/mol. The minimum absolute atomic E-state index is 0.547. The van der Waals surface area contributed by atoms with E-state index in [4.69, 9.17) is 9.68 Å². The highest BCUT2D eigenvalue weighted by Gasteiger charge is 2.07. The van der Waals surface area contributed by atoms with E-state index >= 15 is 0 Å². The van der Waals surface area contributed by atoms with Gasteiger partial charge in [0.1, 0.15) is 11.8 Å². The van der Waals surface area contributed by atoms with Gasteiger partial charge in [0.2, 0.25) is 0 Å². The van der Waals surface area contributed by atoms with Crippen molar-refractivity contribution in [2.45, 2.75) is 13.5 Å². The highest BCUT2D eigenvalue weighted by atomic mass is 79.9. The Hall–Kier alpha value is -1.73. The summed E-state index contributed by atoms with van der Waals surface area (Å²) in [5.41, 5.74) is 2.47. The lowest BCUT2D eigenvalue weighted by Crippen LogP contribution is -2.01. The Morgan fingerprint density at radius 3 is 2.88 bits per heavy atom. The van der Waals surface area contributed by atoms with Crippen LogP contribution >= 0.6 is 15.9 Å². The van der Waals surface area contributed by atoms with Gasteiger partial charge < -0.3 is 9.73 Å². The maximum absolute atomic E-state index is 9.09. The minimum atomic E-state index is 0.547. The Morgan fingerprint density at radius 2 is 2.24 bits per heavy atom. The van der Waals surface area contributed by atoms with Crippen LogP contribution in [0.1, 0.15) is 16.9 Å². The Bertz CT molecular complexity index is 569. The third-order valence-electron chi connectivity index (χ3n) is 2.52. The molecule has 2 aromatic rings. The van der Waals surface area contributed by atoms with Gasteiger partial charge in [-0.3, -0.25) is 0 Å². The molecule has 86 valence electrons. The maximum Gasteiger partial charge on any atom is 0.136 e. The molecule has 1 aromatic heterocycles. The predicted molar refractivity (Wildman–Crippen MR) is 69.6 cm³/mol. The second kappa shape index (κ2) is 5.07. The van der Waals surface area contributed by atoms with E-state index in [1.54, 1.807) is 6.26 Å². The quantitative estimate of drug-likeness (QED) is 0.934. The number of nitrogens with one attached hydrogen (secondary N) is 1. The second-order valence-electron chi connectivity index (χ2n) is 3.65. The fraction of sp³-hybridized carbons (Fsp3) is 0.154. The molecule has 0 bridgehead atoms. The fourth-order valence-corrected chi connectivity index (χ4v) is 1.93. The Labute approximate surface area is 108 Å². The van der Waals surface area contributed by atoms with Crippen molar-refractivity contribution in [3.63, 3.8) is 0 Å². The summed E-state index contributed by atoms with van der Waals surface area (Å²) < 4.78 is 6.22. The molecule has 0 aliphatic carbocycles. The van der Waals surface area contributed by atoms with Crippen LogP contribution in [0.2, 0.25) is 0 Å². The van der Waals surface area contributed by atoms with Gasteiger partial charge in [0.25, 0.3) is 0 Å². The summed E-state index contributed by atoms with van der Waals surface area (Å²) in [4.78, 5) is 0. The van der Waals surface area contributed by atoms with Gasteiger partial charge in [0.15, 0.2) is 0 Å². The third kappa shape index (κ3) is 2.51. The summed E-state index contributed by atoms with van der Waals surface area (Å²) in [5.74, 6) is 0.815. The number of aryl methyl sites for hydroxylation is 1. The first-order chi connectivity index (χ1) is 8.22. The van der Waals surface area contributed by atoms with Gasteiger partial charge in [-0.05, 0) is 40.5 Å². The van der Waals surface area contributed by atoms with Crippen molar-refractivity contribution in [3.8, 4) is 6.07 Å². The number of nitriles is 1. The molecule has 0 atom stereocenters. The number of anilines is 1. The van der Waals surface area contributed by atoms with E-state index in [2.05, 4.69) is 27.3 Å². The molecule has 3 nitrogen and oxygen atoms in total. The molecule has 1 N–H and O–H groups in total. The first-order valence-electron chi connectivity index (χ1n) is 5.18. The van der Waals surface area contributed by atoms with E-state index in [0.717, 1.165) is 21.5 Å². The molecule has 17 heavy (non-hydrogen) atoms. The van der Waals surface area contributed by atoms with Crippen LogP contribution in [-0.2, 0) is 6.54 Å². The van der Waals surface area contributed by atoms with Crippen LogP contribution in [0.4, 0.5) is 5.69 Å². The lowest BCUT2D eigenvalue weighted by Gasteiger charge is -2.08. The second-order valence-corrected chi connectivity index (χ2v) is 4.51. The van der Waals surface area contributed by atoms with Crippen LogP contribution in [0.3, 0.4) is 0 Å². The molecule has 1 heterocycles. The van der Waals surface area contributed by atoms with Gasteiger partial charge in [0.05, 0.1) is 28.5 Å². The number of furan rings is 1. The van der Waals surface area contributed by atoms with Gasteiger partial charge in [-0.15, -0.1) is 0 Å². The number of nitrogens with zero attached hydrogens (tertiary/aromatic N) is 1. The van der Waals surface area contributed by atoms with Gasteiger partial charge in [-0.25, -0.2) is 0 Å². The van der Waals surface area contributed by atoms with Gasteiger partial charge in [0, 0.05) is 0 Å². The molecule has 0 saturated heterocycles. The topological polar surface area (TPSA) is 49.0 Å². The first-order valence-corrected chi connectivity index (χ1v) is 5.97. The zero-order chi connectivity index (χ0) is 12.3. The summed E-state index contributed by atoms with van der Waals surface area (Å²) >= 11 is 3.39. The van der Waals surface area contributed by atoms with Crippen LogP contribution in [0.15, 0.2) is 39.4 Å². The van der Waals surface area contributed by atoms with Crippen LogP contribution < -0.4 is 5.32 Å². The average molecular weight is 291 g/mol. The lowest BCUT2D eigenvalue weighted by atomic mass is 10.1. The smallest absolute Gasteiger partial charge is 0.136 e. The van der Waals surface area contributed by atoms with Gasteiger partial charge in [-0.2, -0.15) is 5.26 Å². The molecule has 0 fully saturated rings. The first kappa shape index (κ1) is 11.7. The summed E-state index contributed by atoms with van der Waals surface area (Å²) in [5, 5.41) is 12.3. The van der Waals surface area contributed by atoms with Gasteiger partial charge in [-0.1, -0.05) is 12.1 Å². The van der Waals surface area contributed by atoms with Crippen LogP contribution in [0, 0.1) is 18.3 Å². The SMILES string of the molecule is Cc1cccc(NCc2occc2Br)c1C#N. The van der Waals surface area contributed by atoms with Crippen molar-refractivity contribution in [3.05, 3.63) is 51.9 Å². The highest BCUT2D eigenvalue weighted by molar-refractivity contribution is 9.10. The molecule has 0 amide bonds. The highest BCUT2D eigenvalue weighted by Crippen LogP contribution is 2.22. The van der Waals surface area contributed by atoms with Crippen molar-refractivity contribution in [1.82, 2.24) is 0 Å². The van der Waals surface area contributed by atoms with E-state index in [9.17, 15) is 0 Å². The van der Waals surface area contributed by atoms with Gasteiger partial charge >= 0.3 is 0 Å². The molecule has 0 unspecified atom stereocenters. The summed E-state index contributed by atoms with van der Waals surface area (Å²) in [6, 6.07) is 9.79. The van der Waals surface area contributed by atoms with E-state index in [1.807, 2.05) is 31.2 Å². The lowest BCUT2D eigenvalue weighted by molar-refractivity contribution is 0.516. The summed E-state index contributed by atoms with van der Waals surface area (Å²) in [6.45, 7) is 2.47. The number of hydrogen-bond acceptors (Lipinski definition) is 3. The number of hydrogen-bond donors (Lipinski definition) is 1. The molecule has 2 rings (SSSR count). The molecule has 4 heteroatoms. The maximum atomic E-state index is 9.09. The van der Waals surface area contributed by atoms with E-state index in [1.165, 1.54) is 0 Å². The van der Waals surface area contributed by atoms with Crippen molar-refractivity contribution >= 4 is 21.6 Å². The van der Waals surface area contributed by atoms with Crippen molar-refractivity contribution in [1.29, 1.82) is 5.26 Å². The molecule has 0 aliphatic rings. The number of benzene rings is 1. The summed E-state index contributed by atoms with van der Waals surface area (Å²) in [7, 11) is 0. The molecule has 0 aliphatic heterocycles. The summed E-state index contributed by atoms with van der Waals surface area (Å²) in [6.07, 6.45) is 1.63. The Kier molecular flexibility index (Phi) is 3.50. The zero-order valence-corrected chi connectivity index (χ0v) is 10.9. The normalized spacial score (nSPS) is 9.94. The zero-order valence-electron chi connectivity index (χ0n) is 9.33. The van der Waals surface area contributed by atoms with E-state index in [0.29, 0.717) is 12.1 Å². The van der Waals surface area contributed by atoms with Crippen LogP contribution in [0.5, 0.6) is 0 Å². The Balaban J connectivity index is 2.18. The van der Waals surface area contributed by atoms with Crippen LogP contribution in [0.25, 0.3) is 0 Å². The fourth-order valence-electron chi connectivity index (χ4n) is 1.59. The number of halogens is 1. The van der Waals surface area contributed by atoms with Crippen molar-refractivity contribution in [2.24, 2.45) is 0 Å². The Morgan fingerprint density at radius 1 is 1.41 bits per heavy atom. The minimum Gasteiger partial charge on any atom is -0.466 e. The largest absolute Gasteiger partial charge is 0.466 e. The molecule has 0 spiro atoms. The molecule has 1 aromatic carbocycles. The molecule has 0 saturated carbocycles. The third-order valence-corrected chi connectivity index (χ3v) is 3.22. The average Bonchev–Trinajstić information content (AvgIpc) is 2.72. The predicted octanol–water partition coefficient (Wildman–Crippen LogP) is 3.83. The van der Waals surface area contributed by atoms with Crippen molar-refractivity contribution in [2.75, 3.05) is 5.32 Å². The van der Waals surface area contributed by atoms with Crippen LogP contribution in [-0.4, -0.2) is 0 Å². The number of rotatable bonds is 3. The monoisotopic (exact) mass is 290 g/mol. The standard InChI is InChI=1S/C13H11BrN2O/c1-9-3-2-4-12(10(9)7-15)16-8-13-11(14)5-6-17-13/h2-6,16H,8H2,1H3. The molecule has 0 radical (unpaired) electrons.